The molecule has 0 rings (SSSR count). The molecular weight excluding hydrogens is 276 g/mol. The third-order valence-electron chi connectivity index (χ3n) is 1.65. The third kappa shape index (κ3) is 14.4. The molecule has 0 aromatic rings. The Hall–Kier alpha value is -1.57. The highest BCUT2D eigenvalue weighted by atomic mass is 32.2. The summed E-state index contributed by atoms with van der Waals surface area (Å²) >= 11 is 1.14. The first-order valence-corrected chi connectivity index (χ1v) is 6.39. The van der Waals surface area contributed by atoms with Crippen molar-refractivity contribution in [2.45, 2.75) is 32.9 Å². The number of carbonyl (C=O) groups excluding carboxylic acids is 2. The topological polar surface area (TPSA) is 118 Å². The van der Waals surface area contributed by atoms with Gasteiger partial charge in [0.1, 0.15) is 0 Å². The molecule has 0 aromatic heterocycles. The maximum atomic E-state index is 10.3. The van der Waals surface area contributed by atoms with Crippen LogP contribution in [0.1, 0.15) is 27.7 Å². The molecule has 2 atom stereocenters. The monoisotopic (exact) mass is 294 g/mol. The van der Waals surface area contributed by atoms with Crippen molar-refractivity contribution in [3.63, 3.8) is 0 Å². The van der Waals surface area contributed by atoms with E-state index in [0.717, 1.165) is 11.8 Å². The molecule has 8 heteroatoms. The maximum Gasteiger partial charge on any atom is 0.316 e. The highest BCUT2D eigenvalue weighted by Gasteiger charge is 2.16. The zero-order chi connectivity index (χ0) is 15.6. The molecule has 0 aliphatic heterocycles. The van der Waals surface area contributed by atoms with E-state index in [9.17, 15) is 19.2 Å². The summed E-state index contributed by atoms with van der Waals surface area (Å²) in [5.74, 6) is -3.07. The fourth-order valence-electron chi connectivity index (χ4n) is 0.634. The number of esters is 2. The highest BCUT2D eigenvalue weighted by Crippen LogP contribution is 2.14. The van der Waals surface area contributed by atoms with E-state index in [4.69, 9.17) is 10.2 Å². The van der Waals surface area contributed by atoms with Gasteiger partial charge in [0.15, 0.2) is 0 Å². The Morgan fingerprint density at radius 3 is 1.63 bits per heavy atom. The molecule has 19 heavy (non-hydrogen) atoms. The molecule has 110 valence electrons. The second-order valence-electron chi connectivity index (χ2n) is 3.64. The van der Waals surface area contributed by atoms with Gasteiger partial charge in [0.25, 0.3) is 0 Å². The minimum Gasteiger partial charge on any atom is -0.481 e. The van der Waals surface area contributed by atoms with Crippen molar-refractivity contribution >= 4 is 35.6 Å². The van der Waals surface area contributed by atoms with Crippen molar-refractivity contribution in [3.05, 3.63) is 0 Å². The Kier molecular flexibility index (Phi) is 10.8. The van der Waals surface area contributed by atoms with E-state index in [1.54, 1.807) is 13.8 Å². The van der Waals surface area contributed by atoms with Crippen molar-refractivity contribution in [3.8, 4) is 0 Å². The van der Waals surface area contributed by atoms with Crippen molar-refractivity contribution in [1.29, 1.82) is 0 Å². The van der Waals surface area contributed by atoms with Crippen LogP contribution in [-0.2, 0) is 23.9 Å². The standard InChI is InChI=1S/C7H12O4S.C4H6O3/c1-4(6(8)9)3-12-5(2)7(10)11;1-3(5)7-4(2)6/h4-5H,3H2,1-2H3,(H,8,9)(H,10,11);1-2H3. The normalized spacial score (nSPS) is 12.4. The van der Waals surface area contributed by atoms with E-state index in [1.807, 2.05) is 0 Å². The van der Waals surface area contributed by atoms with Gasteiger partial charge in [-0.2, -0.15) is 0 Å². The first kappa shape index (κ1) is 19.8. The maximum absolute atomic E-state index is 10.3. The lowest BCUT2D eigenvalue weighted by molar-refractivity contribution is -0.156. The largest absolute Gasteiger partial charge is 0.481 e. The molecular formula is C11H18O7S. The average Bonchev–Trinajstić information content (AvgIpc) is 2.23. The summed E-state index contributed by atoms with van der Waals surface area (Å²) in [5.41, 5.74) is 0. The van der Waals surface area contributed by atoms with Crippen LogP contribution in [0.5, 0.6) is 0 Å². The van der Waals surface area contributed by atoms with Gasteiger partial charge in [0.05, 0.1) is 11.2 Å². The van der Waals surface area contributed by atoms with Crippen molar-refractivity contribution in [2.24, 2.45) is 5.92 Å². The summed E-state index contributed by atoms with van der Waals surface area (Å²) in [6, 6.07) is 0. The van der Waals surface area contributed by atoms with Crippen LogP contribution in [0.15, 0.2) is 0 Å². The smallest absolute Gasteiger partial charge is 0.316 e. The Morgan fingerprint density at radius 1 is 1.00 bits per heavy atom. The molecule has 7 nitrogen and oxygen atoms in total. The van der Waals surface area contributed by atoms with Gasteiger partial charge in [0.2, 0.25) is 0 Å². The first-order chi connectivity index (χ1) is 8.57. The Morgan fingerprint density at radius 2 is 1.42 bits per heavy atom. The number of hydrogen-bond donors (Lipinski definition) is 2. The second kappa shape index (κ2) is 10.4. The molecule has 0 aliphatic carbocycles. The molecule has 2 unspecified atom stereocenters. The van der Waals surface area contributed by atoms with Crippen LogP contribution in [0.4, 0.5) is 0 Å². The van der Waals surface area contributed by atoms with Gasteiger partial charge in [-0.15, -0.1) is 11.8 Å². The number of thioether (sulfide) groups is 1. The van der Waals surface area contributed by atoms with E-state index < -0.39 is 35.0 Å². The summed E-state index contributed by atoms with van der Waals surface area (Å²) in [4.78, 5) is 40.3. The van der Waals surface area contributed by atoms with Gasteiger partial charge in [-0.25, -0.2) is 0 Å². The van der Waals surface area contributed by atoms with Crippen LogP contribution in [0.3, 0.4) is 0 Å². The van der Waals surface area contributed by atoms with E-state index in [-0.39, 0.29) is 0 Å². The lowest BCUT2D eigenvalue weighted by Gasteiger charge is -2.08. The average molecular weight is 294 g/mol. The predicted octanol–water partition coefficient (Wildman–Crippen LogP) is 1.01. The van der Waals surface area contributed by atoms with E-state index in [2.05, 4.69) is 4.74 Å². The van der Waals surface area contributed by atoms with Crippen LogP contribution in [0.25, 0.3) is 0 Å². The molecule has 0 amide bonds. The zero-order valence-corrected chi connectivity index (χ0v) is 12.0. The third-order valence-corrected chi connectivity index (χ3v) is 3.05. The fraction of sp³-hybridized carbons (Fsp3) is 0.636. The van der Waals surface area contributed by atoms with Gasteiger partial charge >= 0.3 is 23.9 Å². The van der Waals surface area contributed by atoms with Gasteiger partial charge in [-0.1, -0.05) is 6.92 Å². The zero-order valence-electron chi connectivity index (χ0n) is 11.2. The van der Waals surface area contributed by atoms with Crippen LogP contribution >= 0.6 is 11.8 Å². The summed E-state index contributed by atoms with van der Waals surface area (Å²) < 4.78 is 3.97. The Labute approximate surface area is 115 Å². The van der Waals surface area contributed by atoms with Crippen LogP contribution in [-0.4, -0.2) is 45.1 Å². The molecule has 0 saturated carbocycles. The number of ether oxygens (including phenoxy) is 1. The second-order valence-corrected chi connectivity index (χ2v) is 5.01. The summed E-state index contributed by atoms with van der Waals surface area (Å²) in [6.45, 7) is 5.47. The Balaban J connectivity index is 0. The molecule has 0 bridgehead atoms. The summed E-state index contributed by atoms with van der Waals surface area (Å²) in [7, 11) is 0. The highest BCUT2D eigenvalue weighted by molar-refractivity contribution is 8.00. The molecule has 0 radical (unpaired) electrons. The molecule has 0 saturated heterocycles. The number of carboxylic acid groups (broad SMARTS) is 2. The molecule has 0 fully saturated rings. The Bertz CT molecular complexity index is 308. The summed E-state index contributed by atoms with van der Waals surface area (Å²) in [6.07, 6.45) is 0. The van der Waals surface area contributed by atoms with Crippen molar-refractivity contribution < 1.29 is 34.1 Å². The number of aliphatic carboxylic acids is 2. The van der Waals surface area contributed by atoms with Crippen LogP contribution in [0, 0.1) is 5.92 Å². The van der Waals surface area contributed by atoms with Crippen LogP contribution < -0.4 is 0 Å². The van der Waals surface area contributed by atoms with Crippen molar-refractivity contribution in [1.82, 2.24) is 0 Å². The number of carbonyl (C=O) groups is 4. The molecule has 0 spiro atoms. The predicted molar refractivity (Wildman–Crippen MR) is 68.8 cm³/mol. The van der Waals surface area contributed by atoms with Gasteiger partial charge in [-0.05, 0) is 6.92 Å². The van der Waals surface area contributed by atoms with Gasteiger partial charge in [-0.3, -0.25) is 19.2 Å². The number of carboxylic acids is 2. The number of hydrogen-bond acceptors (Lipinski definition) is 6. The van der Waals surface area contributed by atoms with E-state index in [1.165, 1.54) is 13.8 Å². The molecule has 0 aromatic carbocycles. The number of rotatable bonds is 5. The van der Waals surface area contributed by atoms with Gasteiger partial charge < -0.3 is 14.9 Å². The fourth-order valence-corrected chi connectivity index (χ4v) is 1.50. The first-order valence-electron chi connectivity index (χ1n) is 5.34. The molecule has 0 aliphatic rings. The van der Waals surface area contributed by atoms with E-state index in [0.29, 0.717) is 5.75 Å². The minimum atomic E-state index is -0.905. The van der Waals surface area contributed by atoms with E-state index >= 15 is 0 Å². The van der Waals surface area contributed by atoms with Gasteiger partial charge in [0, 0.05) is 19.6 Å². The lowest BCUT2D eigenvalue weighted by atomic mass is 10.2. The quantitative estimate of drug-likeness (QED) is 0.569. The summed E-state index contributed by atoms with van der Waals surface area (Å²) in [5, 5.41) is 16.4. The minimum absolute atomic E-state index is 0.336. The lowest BCUT2D eigenvalue weighted by Crippen LogP contribution is -2.17. The van der Waals surface area contributed by atoms with Crippen LogP contribution in [0.2, 0.25) is 0 Å². The molecule has 2 N–H and O–H groups in total. The molecule has 0 heterocycles. The SMILES string of the molecule is CC(=O)OC(C)=O.CC(CSC(C)C(=O)O)C(=O)O. The van der Waals surface area contributed by atoms with Crippen molar-refractivity contribution in [2.75, 3.05) is 5.75 Å².